The third-order valence-corrected chi connectivity index (χ3v) is 2.35. The number of rotatable bonds is 6. The summed E-state index contributed by atoms with van der Waals surface area (Å²) in [5.41, 5.74) is 0. The highest BCUT2D eigenvalue weighted by Crippen LogP contribution is 1.96. The van der Waals surface area contributed by atoms with Crippen LogP contribution in [-0.4, -0.2) is 43.7 Å². The SMILES string of the molecule is CC.CC(CS)C(=O)NCCCN(C)C.CCC. The van der Waals surface area contributed by atoms with Crippen molar-refractivity contribution in [1.29, 1.82) is 0 Å². The van der Waals surface area contributed by atoms with Gasteiger partial charge in [0.15, 0.2) is 0 Å². The molecule has 0 saturated heterocycles. The minimum absolute atomic E-state index is 0.0164. The van der Waals surface area contributed by atoms with E-state index in [9.17, 15) is 4.79 Å². The molecule has 18 heavy (non-hydrogen) atoms. The molecule has 0 spiro atoms. The van der Waals surface area contributed by atoms with Gasteiger partial charge in [0.2, 0.25) is 5.91 Å². The van der Waals surface area contributed by atoms with Crippen molar-refractivity contribution < 1.29 is 4.79 Å². The number of hydrogen-bond donors (Lipinski definition) is 2. The highest BCUT2D eigenvalue weighted by Gasteiger charge is 2.08. The lowest BCUT2D eigenvalue weighted by Crippen LogP contribution is -2.32. The molecule has 3 nitrogen and oxygen atoms in total. The van der Waals surface area contributed by atoms with E-state index in [1.54, 1.807) is 0 Å². The second-order valence-electron chi connectivity index (χ2n) is 4.24. The summed E-state index contributed by atoms with van der Waals surface area (Å²) < 4.78 is 0. The van der Waals surface area contributed by atoms with Gasteiger partial charge in [-0.3, -0.25) is 4.79 Å². The zero-order chi connectivity index (χ0) is 15.0. The molecule has 0 saturated carbocycles. The maximum atomic E-state index is 11.2. The van der Waals surface area contributed by atoms with Crippen LogP contribution >= 0.6 is 12.6 Å². The average Bonchev–Trinajstić information content (AvgIpc) is 2.36. The van der Waals surface area contributed by atoms with Crippen molar-refractivity contribution in [1.82, 2.24) is 10.2 Å². The number of hydrogen-bond acceptors (Lipinski definition) is 3. The average molecular weight is 279 g/mol. The molecule has 1 N–H and O–H groups in total. The molecule has 0 fully saturated rings. The molecule has 0 aromatic heterocycles. The molecule has 1 amide bonds. The first kappa shape index (κ1) is 22.9. The van der Waals surface area contributed by atoms with Crippen molar-refractivity contribution in [2.24, 2.45) is 5.92 Å². The molecule has 0 aliphatic carbocycles. The maximum absolute atomic E-state index is 11.2. The summed E-state index contributed by atoms with van der Waals surface area (Å²) in [6.07, 6.45) is 2.25. The molecule has 0 aliphatic heterocycles. The zero-order valence-corrected chi connectivity index (χ0v) is 14.3. The Bertz CT molecular complexity index is 164. The minimum atomic E-state index is 0.0164. The maximum Gasteiger partial charge on any atom is 0.223 e. The molecule has 1 unspecified atom stereocenters. The van der Waals surface area contributed by atoms with E-state index in [1.807, 2.05) is 34.9 Å². The summed E-state index contributed by atoms with van der Waals surface area (Å²) >= 11 is 4.06. The number of carbonyl (C=O) groups excluding carboxylic acids is 1. The van der Waals surface area contributed by atoms with Gasteiger partial charge in [-0.05, 0) is 27.1 Å². The molecule has 0 aromatic rings. The van der Waals surface area contributed by atoms with Crippen molar-refractivity contribution >= 4 is 18.5 Å². The summed E-state index contributed by atoms with van der Waals surface area (Å²) in [4.78, 5) is 13.4. The molecule has 1 atom stereocenters. The minimum Gasteiger partial charge on any atom is -0.356 e. The van der Waals surface area contributed by atoms with Crippen LogP contribution in [0.15, 0.2) is 0 Å². The molecule has 0 aromatic carbocycles. The smallest absolute Gasteiger partial charge is 0.223 e. The Morgan fingerprint density at radius 1 is 1.28 bits per heavy atom. The lowest BCUT2D eigenvalue weighted by molar-refractivity contribution is -0.123. The summed E-state index contributed by atoms with van der Waals surface area (Å²) in [6.45, 7) is 11.9. The van der Waals surface area contributed by atoms with Crippen LogP contribution in [0.25, 0.3) is 0 Å². The van der Waals surface area contributed by atoms with Crippen molar-refractivity contribution in [2.75, 3.05) is 32.9 Å². The molecule has 0 rings (SSSR count). The van der Waals surface area contributed by atoms with Crippen LogP contribution in [0.5, 0.6) is 0 Å². The van der Waals surface area contributed by atoms with Crippen molar-refractivity contribution in [3.05, 3.63) is 0 Å². The van der Waals surface area contributed by atoms with Gasteiger partial charge in [0.05, 0.1) is 0 Å². The topological polar surface area (TPSA) is 32.3 Å². The van der Waals surface area contributed by atoms with Gasteiger partial charge >= 0.3 is 0 Å². The van der Waals surface area contributed by atoms with E-state index >= 15 is 0 Å². The predicted octanol–water partition coefficient (Wildman–Crippen LogP) is 3.06. The van der Waals surface area contributed by atoms with E-state index in [4.69, 9.17) is 0 Å². The zero-order valence-electron chi connectivity index (χ0n) is 13.4. The third-order valence-electron chi connectivity index (χ3n) is 1.80. The Morgan fingerprint density at radius 3 is 2.06 bits per heavy atom. The summed E-state index contributed by atoms with van der Waals surface area (Å²) in [5.74, 6) is 0.732. The molecule has 0 aliphatic rings. The second-order valence-corrected chi connectivity index (χ2v) is 4.60. The van der Waals surface area contributed by atoms with Gasteiger partial charge in [-0.2, -0.15) is 12.6 Å². The highest BCUT2D eigenvalue weighted by molar-refractivity contribution is 7.80. The van der Waals surface area contributed by atoms with E-state index in [2.05, 4.69) is 36.7 Å². The molecular weight excluding hydrogens is 244 g/mol. The van der Waals surface area contributed by atoms with Gasteiger partial charge in [-0.15, -0.1) is 0 Å². The summed E-state index contributed by atoms with van der Waals surface area (Å²) in [6, 6.07) is 0. The van der Waals surface area contributed by atoms with Crippen molar-refractivity contribution in [3.63, 3.8) is 0 Å². The number of nitrogens with one attached hydrogen (secondary N) is 1. The Kier molecular flexibility index (Phi) is 24.4. The predicted molar refractivity (Wildman–Crippen MR) is 86.5 cm³/mol. The first-order chi connectivity index (χ1) is 8.49. The fourth-order valence-corrected chi connectivity index (χ4v) is 1.03. The van der Waals surface area contributed by atoms with Gasteiger partial charge in [0.1, 0.15) is 0 Å². The quantitative estimate of drug-likeness (QED) is 0.578. The van der Waals surface area contributed by atoms with Crippen LogP contribution in [0.2, 0.25) is 0 Å². The summed E-state index contributed by atoms with van der Waals surface area (Å²) in [5, 5.41) is 2.87. The van der Waals surface area contributed by atoms with Crippen LogP contribution in [0.1, 0.15) is 47.5 Å². The second kappa shape index (κ2) is 19.1. The molecule has 0 bridgehead atoms. The molecular formula is C14H34N2OS. The molecule has 0 heterocycles. The number of carbonyl (C=O) groups is 1. The van der Waals surface area contributed by atoms with Gasteiger partial charge in [-0.1, -0.05) is 41.0 Å². The lowest BCUT2D eigenvalue weighted by Gasteiger charge is -2.11. The largest absolute Gasteiger partial charge is 0.356 e. The van der Waals surface area contributed by atoms with E-state index in [-0.39, 0.29) is 11.8 Å². The number of thiol groups is 1. The Balaban J connectivity index is -0.000000389. The third kappa shape index (κ3) is 21.1. The van der Waals surface area contributed by atoms with E-state index < -0.39 is 0 Å². The lowest BCUT2D eigenvalue weighted by atomic mass is 10.2. The monoisotopic (exact) mass is 278 g/mol. The fraction of sp³-hybridized carbons (Fsp3) is 0.929. The molecule has 112 valence electrons. The van der Waals surface area contributed by atoms with Crippen LogP contribution in [0, 0.1) is 5.92 Å². The van der Waals surface area contributed by atoms with Crippen LogP contribution in [-0.2, 0) is 4.79 Å². The Morgan fingerprint density at radius 2 is 1.72 bits per heavy atom. The normalized spacial score (nSPS) is 10.7. The number of amides is 1. The fourth-order valence-electron chi connectivity index (χ4n) is 0.864. The summed E-state index contributed by atoms with van der Waals surface area (Å²) in [7, 11) is 4.05. The van der Waals surface area contributed by atoms with Crippen LogP contribution in [0.4, 0.5) is 0 Å². The Hall–Kier alpha value is -0.220. The first-order valence-electron chi connectivity index (χ1n) is 7.02. The van der Waals surface area contributed by atoms with Gasteiger partial charge in [0.25, 0.3) is 0 Å². The van der Waals surface area contributed by atoms with Crippen LogP contribution < -0.4 is 5.32 Å². The van der Waals surface area contributed by atoms with Gasteiger partial charge in [-0.25, -0.2) is 0 Å². The van der Waals surface area contributed by atoms with Gasteiger partial charge in [0, 0.05) is 18.2 Å². The number of nitrogens with zero attached hydrogens (tertiary/aromatic N) is 1. The van der Waals surface area contributed by atoms with Gasteiger partial charge < -0.3 is 10.2 Å². The van der Waals surface area contributed by atoms with E-state index in [1.165, 1.54) is 6.42 Å². The van der Waals surface area contributed by atoms with Crippen LogP contribution in [0.3, 0.4) is 0 Å². The van der Waals surface area contributed by atoms with E-state index in [0.29, 0.717) is 5.75 Å². The molecule has 0 radical (unpaired) electrons. The van der Waals surface area contributed by atoms with Crippen molar-refractivity contribution in [2.45, 2.75) is 47.5 Å². The Labute approximate surface area is 120 Å². The first-order valence-corrected chi connectivity index (χ1v) is 7.66. The standard InChI is InChI=1S/C9H20N2OS.C3H8.C2H6/c1-8(7-13)9(12)10-5-4-6-11(2)3;1-3-2;1-2/h8,13H,4-7H2,1-3H3,(H,10,12);3H2,1-2H3;1-2H3. The molecule has 4 heteroatoms. The van der Waals surface area contributed by atoms with E-state index in [0.717, 1.165) is 19.5 Å². The van der Waals surface area contributed by atoms with Crippen molar-refractivity contribution in [3.8, 4) is 0 Å². The highest BCUT2D eigenvalue weighted by atomic mass is 32.1.